The van der Waals surface area contributed by atoms with Crippen LogP contribution in [0.15, 0.2) is 58.3 Å². The molecule has 0 saturated heterocycles. The van der Waals surface area contributed by atoms with Gasteiger partial charge >= 0.3 is 5.97 Å². The van der Waals surface area contributed by atoms with Crippen molar-refractivity contribution in [1.82, 2.24) is 9.44 Å². The van der Waals surface area contributed by atoms with E-state index in [1.807, 2.05) is 9.44 Å². The molecule has 0 radical (unpaired) electrons. The van der Waals surface area contributed by atoms with Gasteiger partial charge in [-0.1, -0.05) is 24.3 Å². The number of ether oxygens (including phenoxy) is 1. The Hall–Kier alpha value is -3.47. The van der Waals surface area contributed by atoms with E-state index in [2.05, 4.69) is 4.74 Å². The Morgan fingerprint density at radius 2 is 1.33 bits per heavy atom. The molecule has 0 aromatic heterocycles. The summed E-state index contributed by atoms with van der Waals surface area (Å²) in [6.45, 7) is 0.0427. The van der Waals surface area contributed by atoms with Gasteiger partial charge in [0, 0.05) is 18.7 Å². The third-order valence-corrected chi connectivity index (χ3v) is 7.41. The number of methoxy groups -OCH3 is 1. The molecule has 178 valence electrons. The zero-order valence-electron chi connectivity index (χ0n) is 17.1. The van der Waals surface area contributed by atoms with E-state index in [0.717, 1.165) is 38.3 Å². The van der Waals surface area contributed by atoms with Gasteiger partial charge in [0.2, 0.25) is 20.0 Å². The Kier molecular flexibility index (Phi) is 7.48. The summed E-state index contributed by atoms with van der Waals surface area (Å²) in [5, 5.41) is 22.3. The van der Waals surface area contributed by atoms with Gasteiger partial charge in [-0.05, 0) is 19.1 Å². The smallest absolute Gasteiger partial charge is 0.328 e. The van der Waals surface area contributed by atoms with Crippen molar-refractivity contribution >= 4 is 37.4 Å². The quantitative estimate of drug-likeness (QED) is 0.264. The number of nitrogens with zero attached hydrogens (tertiary/aromatic N) is 2. The number of nitro groups is 2. The zero-order valence-corrected chi connectivity index (χ0v) is 18.8. The normalized spacial score (nSPS) is 13.6. The van der Waals surface area contributed by atoms with E-state index in [0.29, 0.717) is 0 Å². The number of carbonyl (C=O) groups is 1. The maximum atomic E-state index is 12.8. The van der Waals surface area contributed by atoms with Crippen molar-refractivity contribution in [2.75, 3.05) is 13.7 Å². The highest BCUT2D eigenvalue weighted by atomic mass is 32.2. The lowest BCUT2D eigenvalue weighted by atomic mass is 10.1. The van der Waals surface area contributed by atoms with Crippen LogP contribution in [0.3, 0.4) is 0 Å². The van der Waals surface area contributed by atoms with Crippen LogP contribution in [0.5, 0.6) is 0 Å². The predicted molar refractivity (Wildman–Crippen MR) is 112 cm³/mol. The fourth-order valence-corrected chi connectivity index (χ4v) is 5.56. The number of nitro benzene ring substituents is 2. The minimum absolute atomic E-state index is 0.719. The van der Waals surface area contributed by atoms with Crippen LogP contribution < -0.4 is 9.44 Å². The van der Waals surface area contributed by atoms with Gasteiger partial charge in [-0.3, -0.25) is 20.2 Å². The van der Waals surface area contributed by atoms with Crippen molar-refractivity contribution in [1.29, 1.82) is 0 Å². The molecule has 0 heterocycles. The standard InChI is InChI=1S/C17H18N4O10S2/c1-17(16(22)31-2,19-33(29,30)15-10-6-4-8-13(15)21(25)26)11-18-32(27,28)14-9-5-3-7-12(14)20(23)24/h3-10,18-19H,11H2,1-2H3. The number of carbonyl (C=O) groups excluding carboxylic acids is 1. The number of rotatable bonds is 10. The Morgan fingerprint density at radius 3 is 1.76 bits per heavy atom. The van der Waals surface area contributed by atoms with Crippen LogP contribution in [0.4, 0.5) is 11.4 Å². The monoisotopic (exact) mass is 502 g/mol. The van der Waals surface area contributed by atoms with Gasteiger partial charge in [-0.15, -0.1) is 0 Å². The van der Waals surface area contributed by atoms with Crippen molar-refractivity contribution in [3.63, 3.8) is 0 Å². The van der Waals surface area contributed by atoms with Crippen molar-refractivity contribution in [2.24, 2.45) is 0 Å². The zero-order chi connectivity index (χ0) is 25.0. The average Bonchev–Trinajstić information content (AvgIpc) is 2.76. The molecule has 1 unspecified atom stereocenters. The van der Waals surface area contributed by atoms with E-state index in [-0.39, 0.29) is 0 Å². The number of esters is 1. The molecule has 0 saturated carbocycles. The van der Waals surface area contributed by atoms with E-state index < -0.39 is 69.1 Å². The van der Waals surface area contributed by atoms with Crippen molar-refractivity contribution < 1.29 is 36.2 Å². The number of sulfonamides is 2. The molecule has 0 spiro atoms. The minimum atomic E-state index is -4.74. The SMILES string of the molecule is COC(=O)C(C)(CNS(=O)(=O)c1ccccc1[N+](=O)[O-])NS(=O)(=O)c1ccccc1[N+](=O)[O-]. The van der Waals surface area contributed by atoms with E-state index in [4.69, 9.17) is 0 Å². The molecule has 2 aromatic rings. The molecule has 0 aliphatic carbocycles. The molecule has 0 aliphatic heterocycles. The van der Waals surface area contributed by atoms with Crippen LogP contribution in [-0.2, 0) is 29.6 Å². The van der Waals surface area contributed by atoms with E-state index in [1.165, 1.54) is 24.3 Å². The largest absolute Gasteiger partial charge is 0.468 e. The Bertz CT molecular complexity index is 1310. The molecule has 2 N–H and O–H groups in total. The first kappa shape index (κ1) is 25.8. The van der Waals surface area contributed by atoms with Crippen LogP contribution in [0.1, 0.15) is 6.92 Å². The first-order chi connectivity index (χ1) is 15.2. The van der Waals surface area contributed by atoms with Crippen LogP contribution in [-0.4, -0.2) is 51.8 Å². The second kappa shape index (κ2) is 9.57. The van der Waals surface area contributed by atoms with Crippen molar-refractivity contribution in [3.8, 4) is 0 Å². The summed E-state index contributed by atoms with van der Waals surface area (Å²) >= 11 is 0. The minimum Gasteiger partial charge on any atom is -0.468 e. The topological polar surface area (TPSA) is 205 Å². The van der Waals surface area contributed by atoms with Gasteiger partial charge < -0.3 is 4.74 Å². The maximum Gasteiger partial charge on any atom is 0.328 e. The summed E-state index contributed by atoms with van der Waals surface area (Å²) in [6.07, 6.45) is 0. The molecule has 1 atom stereocenters. The van der Waals surface area contributed by atoms with Gasteiger partial charge in [0.25, 0.3) is 11.4 Å². The molecular formula is C17H18N4O10S2. The van der Waals surface area contributed by atoms with Gasteiger partial charge in [-0.25, -0.2) is 26.4 Å². The number of benzene rings is 2. The lowest BCUT2D eigenvalue weighted by Gasteiger charge is -2.27. The summed E-state index contributed by atoms with van der Waals surface area (Å²) < 4.78 is 59.4. The molecule has 2 rings (SSSR count). The lowest BCUT2D eigenvalue weighted by molar-refractivity contribution is -0.388. The maximum absolute atomic E-state index is 12.8. The number of hydrogen-bond donors (Lipinski definition) is 2. The highest BCUT2D eigenvalue weighted by Gasteiger charge is 2.42. The van der Waals surface area contributed by atoms with E-state index in [9.17, 15) is 41.9 Å². The lowest BCUT2D eigenvalue weighted by Crippen LogP contribution is -2.59. The average molecular weight is 502 g/mol. The summed E-state index contributed by atoms with van der Waals surface area (Å²) in [6, 6.07) is 8.69. The fraction of sp³-hybridized carbons (Fsp3) is 0.235. The van der Waals surface area contributed by atoms with Crippen LogP contribution in [0.2, 0.25) is 0 Å². The van der Waals surface area contributed by atoms with Gasteiger partial charge in [-0.2, -0.15) is 4.72 Å². The molecule has 16 heteroatoms. The summed E-state index contributed by atoms with van der Waals surface area (Å²) in [5.74, 6) is -1.23. The van der Waals surface area contributed by atoms with Crippen molar-refractivity contribution in [2.45, 2.75) is 22.3 Å². The van der Waals surface area contributed by atoms with Crippen LogP contribution >= 0.6 is 0 Å². The Morgan fingerprint density at radius 1 is 0.909 bits per heavy atom. The second-order valence-electron chi connectivity index (χ2n) is 6.70. The molecular weight excluding hydrogens is 484 g/mol. The predicted octanol–water partition coefficient (Wildman–Crippen LogP) is 0.691. The fourth-order valence-electron chi connectivity index (χ4n) is 2.71. The molecule has 0 amide bonds. The second-order valence-corrected chi connectivity index (χ2v) is 10.1. The number of nitrogens with one attached hydrogen (secondary N) is 2. The third-order valence-electron chi connectivity index (χ3n) is 4.31. The van der Waals surface area contributed by atoms with Crippen LogP contribution in [0, 0.1) is 20.2 Å². The third kappa shape index (κ3) is 5.67. The molecule has 2 aromatic carbocycles. The summed E-state index contributed by atoms with van der Waals surface area (Å²) in [5.41, 5.74) is -3.81. The first-order valence-electron chi connectivity index (χ1n) is 8.84. The number of para-hydroxylation sites is 2. The number of hydrogen-bond acceptors (Lipinski definition) is 10. The van der Waals surface area contributed by atoms with E-state index in [1.54, 1.807) is 0 Å². The highest BCUT2D eigenvalue weighted by molar-refractivity contribution is 7.90. The van der Waals surface area contributed by atoms with Gasteiger partial charge in [0.15, 0.2) is 9.79 Å². The summed E-state index contributed by atoms with van der Waals surface area (Å²) in [4.78, 5) is 31.4. The molecule has 0 aliphatic rings. The first-order valence-corrected chi connectivity index (χ1v) is 11.8. The molecule has 33 heavy (non-hydrogen) atoms. The van der Waals surface area contributed by atoms with Gasteiger partial charge in [0.1, 0.15) is 5.54 Å². The summed E-state index contributed by atoms with van der Waals surface area (Å²) in [7, 11) is -8.42. The Labute approximate surface area is 188 Å². The van der Waals surface area contributed by atoms with Gasteiger partial charge in [0.05, 0.1) is 17.0 Å². The molecule has 0 fully saturated rings. The molecule has 0 bridgehead atoms. The van der Waals surface area contributed by atoms with Crippen LogP contribution in [0.25, 0.3) is 0 Å². The Balaban J connectivity index is 2.44. The van der Waals surface area contributed by atoms with E-state index >= 15 is 0 Å². The van der Waals surface area contributed by atoms with Crippen molar-refractivity contribution in [3.05, 3.63) is 68.8 Å². The highest BCUT2D eigenvalue weighted by Crippen LogP contribution is 2.26. The molecule has 14 nitrogen and oxygen atoms in total.